The summed E-state index contributed by atoms with van der Waals surface area (Å²) in [6.45, 7) is 2.09. The van der Waals surface area contributed by atoms with Gasteiger partial charge in [-0.05, 0) is 71.2 Å². The summed E-state index contributed by atoms with van der Waals surface area (Å²) in [7, 11) is 0. The third-order valence-corrected chi connectivity index (χ3v) is 7.35. The molecule has 2 aromatic rings. The largest absolute Gasteiger partial charge is 0.458 e. The van der Waals surface area contributed by atoms with Gasteiger partial charge in [-0.15, -0.1) is 0 Å². The minimum atomic E-state index is -1.59. The van der Waals surface area contributed by atoms with Crippen LogP contribution >= 0.6 is 22.6 Å². The molecule has 0 amide bonds. The lowest BCUT2D eigenvalue weighted by molar-refractivity contribution is -0.222. The van der Waals surface area contributed by atoms with Crippen LogP contribution in [0.4, 0.5) is 5.69 Å². The third kappa shape index (κ3) is 3.79. The number of benzene rings is 1. The molecule has 8 nitrogen and oxygen atoms in total. The summed E-state index contributed by atoms with van der Waals surface area (Å²) in [5.74, 6) is -0.619. The first-order chi connectivity index (χ1) is 16.3. The lowest BCUT2D eigenvalue weighted by atomic mass is 9.85. The van der Waals surface area contributed by atoms with Crippen LogP contribution in [0.1, 0.15) is 61.0 Å². The minimum Gasteiger partial charge on any atom is -0.458 e. The normalized spacial score (nSPS) is 23.0. The lowest BCUT2D eigenvalue weighted by Gasteiger charge is -2.37. The smallest absolute Gasteiger partial charge is 0.343 e. The molecule has 0 radical (unpaired) electrons. The van der Waals surface area contributed by atoms with E-state index >= 15 is 0 Å². The van der Waals surface area contributed by atoms with Crippen molar-refractivity contribution in [1.29, 1.82) is 0 Å². The molecule has 2 unspecified atom stereocenters. The molecule has 34 heavy (non-hydrogen) atoms. The molecule has 3 aliphatic heterocycles. The number of pyridine rings is 1. The summed E-state index contributed by atoms with van der Waals surface area (Å²) in [4.78, 5) is 37.8. The third-order valence-electron chi connectivity index (χ3n) is 6.81. The van der Waals surface area contributed by atoms with Gasteiger partial charge in [0.1, 0.15) is 6.61 Å². The summed E-state index contributed by atoms with van der Waals surface area (Å²) in [6, 6.07) is 9.61. The molecule has 0 aliphatic carbocycles. The van der Waals surface area contributed by atoms with Gasteiger partial charge in [0.15, 0.2) is 15.7 Å². The molecule has 0 saturated heterocycles. The molecular weight excluding hydrogens is 551 g/mol. The Morgan fingerprint density at radius 2 is 2.18 bits per heavy atom. The number of rotatable bonds is 7. The number of ether oxygens (including phenoxy) is 2. The Morgan fingerprint density at radius 3 is 2.94 bits per heavy atom. The molecule has 1 aromatic carbocycles. The van der Waals surface area contributed by atoms with Crippen LogP contribution in [0.3, 0.4) is 0 Å². The first-order valence-electron chi connectivity index (χ1n) is 11.4. The van der Waals surface area contributed by atoms with E-state index in [9.17, 15) is 19.5 Å². The Kier molecular flexibility index (Phi) is 6.11. The second-order valence-electron chi connectivity index (χ2n) is 8.81. The molecule has 0 bridgehead atoms. The SMILES string of the molecule is CC[C@@]1(OC(O)CCCC(=O)I)C(=O)OCc2c1cc1n(c2=O)CC2=Cc3ccccc3NC21. The Labute approximate surface area is 210 Å². The number of carbonyl (C=O) groups excluding carboxylic acids is 2. The Hall–Kier alpha value is -2.50. The van der Waals surface area contributed by atoms with Crippen LogP contribution in [0.2, 0.25) is 0 Å². The monoisotopic (exact) mass is 576 g/mol. The minimum absolute atomic E-state index is 0.00794. The lowest BCUT2D eigenvalue weighted by Crippen LogP contribution is -2.48. The van der Waals surface area contributed by atoms with Crippen molar-refractivity contribution in [1.82, 2.24) is 4.57 Å². The van der Waals surface area contributed by atoms with Gasteiger partial charge >= 0.3 is 5.97 Å². The van der Waals surface area contributed by atoms with Crippen molar-refractivity contribution in [3.63, 3.8) is 0 Å². The van der Waals surface area contributed by atoms with Crippen LogP contribution in [0.5, 0.6) is 0 Å². The first kappa shape index (κ1) is 23.3. The van der Waals surface area contributed by atoms with Gasteiger partial charge in [-0.3, -0.25) is 9.59 Å². The van der Waals surface area contributed by atoms with Crippen molar-refractivity contribution in [2.75, 3.05) is 5.32 Å². The number of hydrogen-bond acceptors (Lipinski definition) is 7. The zero-order chi connectivity index (χ0) is 24.0. The predicted molar refractivity (Wildman–Crippen MR) is 133 cm³/mol. The van der Waals surface area contributed by atoms with Crippen molar-refractivity contribution in [3.05, 3.63) is 68.6 Å². The van der Waals surface area contributed by atoms with E-state index in [-0.39, 0.29) is 34.8 Å². The van der Waals surface area contributed by atoms with E-state index in [0.717, 1.165) is 22.5 Å². The highest BCUT2D eigenvalue weighted by Crippen LogP contribution is 2.44. The van der Waals surface area contributed by atoms with Crippen molar-refractivity contribution in [3.8, 4) is 0 Å². The maximum absolute atomic E-state index is 13.5. The van der Waals surface area contributed by atoms with Crippen molar-refractivity contribution < 1.29 is 24.2 Å². The van der Waals surface area contributed by atoms with E-state index in [1.54, 1.807) is 34.1 Å². The van der Waals surface area contributed by atoms with Crippen molar-refractivity contribution in [2.45, 2.75) is 63.7 Å². The van der Waals surface area contributed by atoms with Crippen molar-refractivity contribution >= 4 is 44.1 Å². The number of esters is 1. The topological polar surface area (TPSA) is 107 Å². The van der Waals surface area contributed by atoms with Gasteiger partial charge in [-0.2, -0.15) is 0 Å². The van der Waals surface area contributed by atoms with E-state index < -0.39 is 17.9 Å². The number of aliphatic hydroxyl groups is 1. The number of anilines is 1. The second-order valence-corrected chi connectivity index (χ2v) is 10.0. The molecule has 3 aliphatic rings. The highest BCUT2D eigenvalue weighted by Gasteiger charge is 2.50. The van der Waals surface area contributed by atoms with E-state index in [2.05, 4.69) is 11.4 Å². The van der Waals surface area contributed by atoms with Crippen LogP contribution in [0.15, 0.2) is 40.7 Å². The maximum atomic E-state index is 13.5. The number of fused-ring (bicyclic) bond motifs is 5. The molecule has 4 heterocycles. The Balaban J connectivity index is 1.54. The summed E-state index contributed by atoms with van der Waals surface area (Å²) < 4.78 is 13.0. The van der Waals surface area contributed by atoms with Gasteiger partial charge in [-0.25, -0.2) is 4.79 Å². The van der Waals surface area contributed by atoms with Crippen molar-refractivity contribution in [2.24, 2.45) is 0 Å². The molecule has 0 saturated carbocycles. The van der Waals surface area contributed by atoms with E-state index in [1.165, 1.54) is 0 Å². The highest BCUT2D eigenvalue weighted by atomic mass is 127. The number of para-hydroxylation sites is 1. The molecule has 5 rings (SSSR count). The molecule has 1 aromatic heterocycles. The average Bonchev–Trinajstić information content (AvgIpc) is 3.17. The fourth-order valence-corrected chi connectivity index (χ4v) is 5.46. The van der Waals surface area contributed by atoms with Crippen LogP contribution in [-0.2, 0) is 37.8 Å². The van der Waals surface area contributed by atoms with Crippen LogP contribution in [-0.4, -0.2) is 25.7 Å². The van der Waals surface area contributed by atoms with Gasteiger partial charge in [0.2, 0.25) is 0 Å². The quantitative estimate of drug-likeness (QED) is 0.225. The first-order valence-corrected chi connectivity index (χ1v) is 12.5. The van der Waals surface area contributed by atoms with Crippen LogP contribution in [0, 0.1) is 0 Å². The van der Waals surface area contributed by atoms with Gasteiger partial charge < -0.3 is 24.5 Å². The number of halogens is 1. The molecule has 9 heteroatoms. The zero-order valence-corrected chi connectivity index (χ0v) is 20.8. The number of aromatic nitrogens is 1. The molecule has 3 atom stereocenters. The fraction of sp³-hybridized carbons (Fsp3) is 0.400. The van der Waals surface area contributed by atoms with Gasteiger partial charge in [0, 0.05) is 29.9 Å². The number of cyclic esters (lactones) is 1. The number of nitrogens with zero attached hydrogens (tertiary/aromatic N) is 1. The van der Waals surface area contributed by atoms with Gasteiger partial charge in [0.05, 0.1) is 11.6 Å². The molecule has 0 fully saturated rings. The van der Waals surface area contributed by atoms with Crippen LogP contribution < -0.4 is 10.9 Å². The van der Waals surface area contributed by atoms with E-state index in [1.807, 2.05) is 30.3 Å². The van der Waals surface area contributed by atoms with Crippen LogP contribution in [0.25, 0.3) is 6.08 Å². The van der Waals surface area contributed by atoms with Gasteiger partial charge in [-0.1, -0.05) is 25.1 Å². The molecule has 2 N–H and O–H groups in total. The predicted octanol–water partition coefficient (Wildman–Crippen LogP) is 3.54. The summed E-state index contributed by atoms with van der Waals surface area (Å²) in [5, 5.41) is 14.1. The highest BCUT2D eigenvalue weighted by molar-refractivity contribution is 14.1. The summed E-state index contributed by atoms with van der Waals surface area (Å²) >= 11 is 1.71. The Morgan fingerprint density at radius 1 is 1.38 bits per heavy atom. The molecular formula is C25H25IN2O6. The zero-order valence-electron chi connectivity index (χ0n) is 18.7. The average molecular weight is 576 g/mol. The molecule has 0 spiro atoms. The van der Waals surface area contributed by atoms with Gasteiger partial charge in [0.25, 0.3) is 5.56 Å². The Bertz CT molecular complexity index is 1270. The number of aliphatic hydroxyl groups excluding tert-OH is 1. The summed E-state index contributed by atoms with van der Waals surface area (Å²) in [6.07, 6.45) is 1.94. The fourth-order valence-electron chi connectivity index (χ4n) is 5.08. The molecule has 178 valence electrons. The number of hydrogen-bond donors (Lipinski definition) is 2. The van der Waals surface area contributed by atoms with E-state index in [4.69, 9.17) is 9.47 Å². The maximum Gasteiger partial charge on any atom is 0.343 e. The number of nitrogens with one attached hydrogen (secondary N) is 1. The second kappa shape index (κ2) is 8.94. The number of carbonyl (C=O) groups is 2. The standard InChI is InChI=1S/C25H25IN2O6/c1-2-25(34-21(30)9-5-8-20(26)29)17-11-19-22-15(10-14-6-3-4-7-18(14)27-22)12-28(19)23(31)16(17)13-33-24(25)32/h3-4,6-7,10-11,21-22,27,30H,2,5,8-9,12-13H2,1H3/t21?,22?,25-/m0/s1. The summed E-state index contributed by atoms with van der Waals surface area (Å²) in [5.41, 5.74) is 2.89. The van der Waals surface area contributed by atoms with E-state index in [0.29, 0.717) is 30.5 Å².